The van der Waals surface area contributed by atoms with Crippen molar-refractivity contribution in [3.05, 3.63) is 40.7 Å². The second kappa shape index (κ2) is 7.31. The largest absolute Gasteiger partial charge is 0.491 e. The number of amides is 1. The van der Waals surface area contributed by atoms with Crippen LogP contribution in [0.25, 0.3) is 0 Å². The predicted molar refractivity (Wildman–Crippen MR) is 104 cm³/mol. The van der Waals surface area contributed by atoms with Crippen molar-refractivity contribution in [2.24, 2.45) is 0 Å². The minimum atomic E-state index is -0.251. The van der Waals surface area contributed by atoms with Crippen molar-refractivity contribution in [2.45, 2.75) is 58.4 Å². The van der Waals surface area contributed by atoms with Gasteiger partial charge < -0.3 is 10.1 Å². The standard InChI is InChI=1S/C20H26ClN3O2/c1-5-10-26-18-9-8-14(21)11-15(18)22-19(25)16-12-17(13-6-7-13)24(23-16)20(2,3)4/h8-9,11-13H,5-7,10H2,1-4H3,(H,22,25). The number of carbonyl (C=O) groups excluding carboxylic acids is 1. The number of anilines is 1. The van der Waals surface area contributed by atoms with E-state index in [4.69, 9.17) is 16.3 Å². The van der Waals surface area contributed by atoms with Crippen LogP contribution in [0, 0.1) is 0 Å². The Morgan fingerprint density at radius 1 is 1.35 bits per heavy atom. The number of hydrogen-bond donors (Lipinski definition) is 1. The molecule has 0 spiro atoms. The predicted octanol–water partition coefficient (Wildman–Crippen LogP) is 5.21. The van der Waals surface area contributed by atoms with Crippen LogP contribution in [0.1, 0.15) is 69.1 Å². The lowest BCUT2D eigenvalue weighted by molar-refractivity contribution is 0.102. The zero-order valence-electron chi connectivity index (χ0n) is 15.8. The van der Waals surface area contributed by atoms with Crippen molar-refractivity contribution in [3.63, 3.8) is 0 Å². The molecule has 1 fully saturated rings. The Morgan fingerprint density at radius 3 is 2.69 bits per heavy atom. The van der Waals surface area contributed by atoms with Crippen molar-refractivity contribution in [1.29, 1.82) is 0 Å². The molecule has 5 nitrogen and oxygen atoms in total. The molecule has 1 aliphatic carbocycles. The highest BCUT2D eigenvalue weighted by Crippen LogP contribution is 2.41. The number of nitrogens with one attached hydrogen (secondary N) is 1. The average Bonchev–Trinajstić information content (AvgIpc) is 3.30. The lowest BCUT2D eigenvalue weighted by atomic mass is 10.1. The molecule has 2 aromatic rings. The van der Waals surface area contributed by atoms with Gasteiger partial charge in [0.15, 0.2) is 5.69 Å². The lowest BCUT2D eigenvalue weighted by Gasteiger charge is -2.22. The molecule has 3 rings (SSSR count). The van der Waals surface area contributed by atoms with Crippen LogP contribution in [0.15, 0.2) is 24.3 Å². The Kier molecular flexibility index (Phi) is 5.28. The van der Waals surface area contributed by atoms with E-state index in [1.165, 1.54) is 0 Å². The summed E-state index contributed by atoms with van der Waals surface area (Å²) in [5, 5.41) is 8.03. The van der Waals surface area contributed by atoms with Crippen LogP contribution in [-0.2, 0) is 5.54 Å². The van der Waals surface area contributed by atoms with E-state index in [1.807, 2.05) is 17.7 Å². The summed E-state index contributed by atoms with van der Waals surface area (Å²) in [5.41, 5.74) is 1.95. The average molecular weight is 376 g/mol. The van der Waals surface area contributed by atoms with Crippen LogP contribution in [0.5, 0.6) is 5.75 Å². The van der Waals surface area contributed by atoms with Crippen LogP contribution in [0.4, 0.5) is 5.69 Å². The number of rotatable bonds is 6. The lowest BCUT2D eigenvalue weighted by Crippen LogP contribution is -2.25. The summed E-state index contributed by atoms with van der Waals surface area (Å²) in [5.74, 6) is 0.874. The Hall–Kier alpha value is -2.01. The molecule has 0 atom stereocenters. The molecule has 0 bridgehead atoms. The number of carbonyl (C=O) groups is 1. The molecule has 0 saturated heterocycles. The zero-order chi connectivity index (χ0) is 18.9. The van der Waals surface area contributed by atoms with Gasteiger partial charge in [-0.05, 0) is 64.3 Å². The first-order chi connectivity index (χ1) is 12.3. The summed E-state index contributed by atoms with van der Waals surface area (Å²) in [6.07, 6.45) is 3.20. The number of hydrogen-bond acceptors (Lipinski definition) is 3. The van der Waals surface area contributed by atoms with Gasteiger partial charge in [0, 0.05) is 16.6 Å². The highest BCUT2D eigenvalue weighted by molar-refractivity contribution is 6.31. The Balaban J connectivity index is 1.86. The highest BCUT2D eigenvalue weighted by Gasteiger charge is 2.32. The van der Waals surface area contributed by atoms with Gasteiger partial charge in [0.1, 0.15) is 5.75 Å². The fourth-order valence-corrected chi connectivity index (χ4v) is 3.01. The molecule has 0 radical (unpaired) electrons. The molecular weight excluding hydrogens is 350 g/mol. The maximum Gasteiger partial charge on any atom is 0.276 e. The second-order valence-electron chi connectivity index (χ2n) is 7.75. The van der Waals surface area contributed by atoms with E-state index >= 15 is 0 Å². The first-order valence-electron chi connectivity index (χ1n) is 9.13. The Labute approximate surface area is 159 Å². The van der Waals surface area contributed by atoms with Gasteiger partial charge in [-0.25, -0.2) is 0 Å². The van der Waals surface area contributed by atoms with Crippen LogP contribution >= 0.6 is 11.6 Å². The van der Waals surface area contributed by atoms with Crippen molar-refractivity contribution in [1.82, 2.24) is 9.78 Å². The number of benzene rings is 1. The fraction of sp³-hybridized carbons (Fsp3) is 0.500. The van der Waals surface area contributed by atoms with Gasteiger partial charge in [-0.3, -0.25) is 9.48 Å². The molecule has 1 aliphatic rings. The van der Waals surface area contributed by atoms with Gasteiger partial charge in [0.25, 0.3) is 5.91 Å². The third-order valence-corrected chi connectivity index (χ3v) is 4.49. The van der Waals surface area contributed by atoms with E-state index in [0.29, 0.717) is 34.7 Å². The summed E-state index contributed by atoms with van der Waals surface area (Å²) in [7, 11) is 0. The summed E-state index contributed by atoms with van der Waals surface area (Å²) < 4.78 is 7.69. The summed E-state index contributed by atoms with van der Waals surface area (Å²) >= 11 is 6.09. The van der Waals surface area contributed by atoms with Crippen LogP contribution in [-0.4, -0.2) is 22.3 Å². The highest BCUT2D eigenvalue weighted by atomic mass is 35.5. The topological polar surface area (TPSA) is 56.1 Å². The van der Waals surface area contributed by atoms with Crippen LogP contribution < -0.4 is 10.1 Å². The Morgan fingerprint density at radius 2 is 2.08 bits per heavy atom. The van der Waals surface area contributed by atoms with Crippen molar-refractivity contribution in [3.8, 4) is 5.75 Å². The van der Waals surface area contributed by atoms with E-state index in [0.717, 1.165) is 25.0 Å². The van der Waals surface area contributed by atoms with Crippen LogP contribution in [0.2, 0.25) is 5.02 Å². The van der Waals surface area contributed by atoms with Crippen LogP contribution in [0.3, 0.4) is 0 Å². The molecule has 26 heavy (non-hydrogen) atoms. The normalized spacial score (nSPS) is 14.3. The summed E-state index contributed by atoms with van der Waals surface area (Å²) in [4.78, 5) is 12.8. The number of aromatic nitrogens is 2. The zero-order valence-corrected chi connectivity index (χ0v) is 16.6. The third kappa shape index (κ3) is 4.21. The Bertz CT molecular complexity index is 804. The minimum Gasteiger partial charge on any atom is -0.491 e. The van der Waals surface area contributed by atoms with Crippen molar-refractivity contribution < 1.29 is 9.53 Å². The molecule has 1 aromatic heterocycles. The molecule has 1 saturated carbocycles. The minimum absolute atomic E-state index is 0.165. The second-order valence-corrected chi connectivity index (χ2v) is 8.19. The first kappa shape index (κ1) is 18.8. The molecule has 0 aliphatic heterocycles. The van der Waals surface area contributed by atoms with Gasteiger partial charge >= 0.3 is 0 Å². The maximum atomic E-state index is 12.8. The maximum absolute atomic E-state index is 12.8. The van der Waals surface area contributed by atoms with E-state index in [-0.39, 0.29) is 11.4 Å². The molecular formula is C20H26ClN3O2. The molecule has 140 valence electrons. The quantitative estimate of drug-likeness (QED) is 0.753. The number of ether oxygens (including phenoxy) is 1. The number of halogens is 1. The number of nitrogens with zero attached hydrogens (tertiary/aromatic N) is 2. The molecule has 0 unspecified atom stereocenters. The first-order valence-corrected chi connectivity index (χ1v) is 9.51. The molecule has 6 heteroatoms. The van der Waals surface area contributed by atoms with E-state index in [1.54, 1.807) is 18.2 Å². The molecule has 1 aromatic carbocycles. The molecule has 1 heterocycles. The summed E-state index contributed by atoms with van der Waals surface area (Å²) in [6.45, 7) is 8.91. The SMILES string of the molecule is CCCOc1ccc(Cl)cc1NC(=O)c1cc(C2CC2)n(C(C)(C)C)n1. The summed E-state index contributed by atoms with van der Waals surface area (Å²) in [6, 6.07) is 7.14. The van der Waals surface area contributed by atoms with Crippen molar-refractivity contribution in [2.75, 3.05) is 11.9 Å². The van der Waals surface area contributed by atoms with E-state index in [2.05, 4.69) is 31.2 Å². The van der Waals surface area contributed by atoms with Gasteiger partial charge in [0.05, 0.1) is 17.8 Å². The van der Waals surface area contributed by atoms with E-state index in [9.17, 15) is 4.79 Å². The van der Waals surface area contributed by atoms with Gasteiger partial charge in [-0.2, -0.15) is 5.10 Å². The van der Waals surface area contributed by atoms with Crippen molar-refractivity contribution >= 4 is 23.2 Å². The smallest absolute Gasteiger partial charge is 0.276 e. The van der Waals surface area contributed by atoms with E-state index < -0.39 is 0 Å². The fourth-order valence-electron chi connectivity index (χ4n) is 2.84. The third-order valence-electron chi connectivity index (χ3n) is 4.25. The molecule has 1 N–H and O–H groups in total. The van der Waals surface area contributed by atoms with Gasteiger partial charge in [-0.1, -0.05) is 18.5 Å². The van der Waals surface area contributed by atoms with Gasteiger partial charge in [-0.15, -0.1) is 0 Å². The monoisotopic (exact) mass is 375 g/mol. The van der Waals surface area contributed by atoms with Gasteiger partial charge in [0.2, 0.25) is 0 Å². The molecule has 1 amide bonds.